The molecule has 1 atom stereocenters. The number of carbonyl (C=O) groups is 1. The van der Waals surface area contributed by atoms with Crippen molar-refractivity contribution >= 4 is 31.9 Å². The van der Waals surface area contributed by atoms with E-state index in [1.54, 1.807) is 0 Å². The number of methoxy groups -OCH3 is 1. The van der Waals surface area contributed by atoms with E-state index in [4.69, 9.17) is 0 Å². The Labute approximate surface area is 127 Å². The molecule has 0 aliphatic heterocycles. The molecule has 0 bridgehead atoms. The summed E-state index contributed by atoms with van der Waals surface area (Å²) < 4.78 is 68.5. The maximum Gasteiger partial charge on any atom is 0.417 e. The minimum absolute atomic E-state index is 0.443. The van der Waals surface area contributed by atoms with E-state index in [9.17, 15) is 26.4 Å². The molecule has 1 N–H and O–H groups in total. The van der Waals surface area contributed by atoms with Gasteiger partial charge in [0.15, 0.2) is 0 Å². The Morgan fingerprint density at radius 2 is 1.95 bits per heavy atom. The van der Waals surface area contributed by atoms with Gasteiger partial charge in [-0.15, -0.1) is 0 Å². The first-order chi connectivity index (χ1) is 9.59. The summed E-state index contributed by atoms with van der Waals surface area (Å²) in [7, 11) is -3.32. The molecule has 1 unspecified atom stereocenters. The van der Waals surface area contributed by atoms with Crippen molar-refractivity contribution in [3.8, 4) is 0 Å². The van der Waals surface area contributed by atoms with Crippen LogP contribution in [0.5, 0.6) is 0 Å². The van der Waals surface area contributed by atoms with Crippen LogP contribution >= 0.6 is 15.9 Å². The molecule has 10 heteroatoms. The summed E-state index contributed by atoms with van der Waals surface area (Å²) in [5.41, 5.74) is -1.28. The van der Waals surface area contributed by atoms with E-state index in [2.05, 4.69) is 20.7 Å². The smallest absolute Gasteiger partial charge is 0.417 e. The minimum atomic E-state index is -4.80. The summed E-state index contributed by atoms with van der Waals surface area (Å²) in [5.74, 6) is -0.748. The van der Waals surface area contributed by atoms with Crippen molar-refractivity contribution in [2.75, 3.05) is 13.7 Å². The van der Waals surface area contributed by atoms with Crippen LogP contribution in [-0.2, 0) is 25.7 Å². The van der Waals surface area contributed by atoms with Gasteiger partial charge in [-0.2, -0.15) is 13.2 Å². The molecular weight excluding hydrogens is 379 g/mol. The van der Waals surface area contributed by atoms with Gasteiger partial charge < -0.3 is 4.74 Å². The fourth-order valence-corrected chi connectivity index (χ4v) is 3.24. The monoisotopic (exact) mass is 389 g/mol. The Bertz CT molecular complexity index is 618. The molecular formula is C11H11BrF3NO4S. The van der Waals surface area contributed by atoms with E-state index in [0.29, 0.717) is 6.07 Å². The van der Waals surface area contributed by atoms with E-state index >= 15 is 0 Å². The van der Waals surface area contributed by atoms with E-state index in [-0.39, 0.29) is 0 Å². The maximum absolute atomic E-state index is 12.8. The zero-order chi connectivity index (χ0) is 16.3. The fourth-order valence-electron chi connectivity index (χ4n) is 1.41. The highest BCUT2D eigenvalue weighted by Gasteiger charge is 2.37. The second kappa shape index (κ2) is 6.75. The summed E-state index contributed by atoms with van der Waals surface area (Å²) in [6, 6.07) is 3.77. The van der Waals surface area contributed by atoms with Crippen LogP contribution < -0.4 is 4.72 Å². The molecule has 0 aliphatic rings. The SMILES string of the molecule is COC(=O)C(Br)CNS(=O)(=O)c1ccccc1C(F)(F)F. The Morgan fingerprint density at radius 1 is 1.38 bits per heavy atom. The van der Waals surface area contributed by atoms with Crippen LogP contribution in [0.1, 0.15) is 5.56 Å². The minimum Gasteiger partial charge on any atom is -0.468 e. The first kappa shape index (κ1) is 17.9. The highest BCUT2D eigenvalue weighted by molar-refractivity contribution is 9.10. The zero-order valence-corrected chi connectivity index (χ0v) is 13.0. The topological polar surface area (TPSA) is 72.5 Å². The van der Waals surface area contributed by atoms with Crippen LogP contribution in [-0.4, -0.2) is 32.9 Å². The van der Waals surface area contributed by atoms with Crippen molar-refractivity contribution in [1.29, 1.82) is 0 Å². The predicted molar refractivity (Wildman–Crippen MR) is 71.4 cm³/mol. The number of alkyl halides is 4. The third-order valence-electron chi connectivity index (χ3n) is 2.39. The molecule has 1 rings (SSSR count). The lowest BCUT2D eigenvalue weighted by atomic mass is 10.2. The van der Waals surface area contributed by atoms with Crippen molar-refractivity contribution in [2.24, 2.45) is 0 Å². The van der Waals surface area contributed by atoms with Gasteiger partial charge in [-0.1, -0.05) is 28.1 Å². The van der Waals surface area contributed by atoms with Gasteiger partial charge in [0.05, 0.1) is 17.6 Å². The Hall–Kier alpha value is -1.13. The standard InChI is InChI=1S/C11H11BrF3NO4S/c1-20-10(17)8(12)6-16-21(18,19)9-5-3-2-4-7(9)11(13,14)15/h2-5,8,16H,6H2,1H3. The number of esters is 1. The van der Waals surface area contributed by atoms with Crippen LogP contribution in [0.25, 0.3) is 0 Å². The molecule has 0 spiro atoms. The highest BCUT2D eigenvalue weighted by Crippen LogP contribution is 2.33. The molecule has 1 aromatic rings. The van der Waals surface area contributed by atoms with Crippen molar-refractivity contribution < 1.29 is 31.1 Å². The van der Waals surface area contributed by atoms with Gasteiger partial charge in [0.2, 0.25) is 10.0 Å². The molecule has 0 saturated carbocycles. The maximum atomic E-state index is 12.8. The summed E-state index contributed by atoms with van der Waals surface area (Å²) >= 11 is 2.86. The second-order valence-electron chi connectivity index (χ2n) is 3.84. The van der Waals surface area contributed by atoms with Gasteiger partial charge in [0, 0.05) is 6.54 Å². The lowest BCUT2D eigenvalue weighted by Crippen LogP contribution is -2.34. The highest BCUT2D eigenvalue weighted by atomic mass is 79.9. The first-order valence-electron chi connectivity index (χ1n) is 5.47. The molecule has 0 radical (unpaired) electrons. The number of nitrogens with one attached hydrogen (secondary N) is 1. The molecule has 0 heterocycles. The van der Waals surface area contributed by atoms with E-state index in [1.165, 1.54) is 6.07 Å². The quantitative estimate of drug-likeness (QED) is 0.616. The molecule has 0 amide bonds. The summed E-state index contributed by atoms with van der Waals surface area (Å²) in [6.45, 7) is -0.443. The van der Waals surface area contributed by atoms with Gasteiger partial charge in [-0.25, -0.2) is 13.1 Å². The Kier molecular flexibility index (Phi) is 5.76. The van der Waals surface area contributed by atoms with Gasteiger partial charge in [0.25, 0.3) is 0 Å². The van der Waals surface area contributed by atoms with Crippen LogP contribution in [0.3, 0.4) is 0 Å². The van der Waals surface area contributed by atoms with E-state index in [0.717, 1.165) is 19.2 Å². The van der Waals surface area contributed by atoms with Crippen molar-refractivity contribution in [1.82, 2.24) is 4.72 Å². The van der Waals surface area contributed by atoms with E-state index < -0.39 is 44.0 Å². The molecule has 1 aromatic carbocycles. The van der Waals surface area contributed by atoms with E-state index in [1.807, 2.05) is 4.72 Å². The molecule has 21 heavy (non-hydrogen) atoms. The van der Waals surface area contributed by atoms with Gasteiger partial charge >= 0.3 is 12.1 Å². The normalized spacial score (nSPS) is 13.8. The lowest BCUT2D eigenvalue weighted by Gasteiger charge is -2.14. The molecule has 118 valence electrons. The molecule has 5 nitrogen and oxygen atoms in total. The first-order valence-corrected chi connectivity index (χ1v) is 7.87. The number of hydrogen-bond acceptors (Lipinski definition) is 4. The molecule has 0 aliphatic carbocycles. The molecule has 0 saturated heterocycles. The van der Waals surface area contributed by atoms with Crippen molar-refractivity contribution in [2.45, 2.75) is 15.9 Å². The number of sulfonamides is 1. The van der Waals surface area contributed by atoms with Gasteiger partial charge in [-0.05, 0) is 12.1 Å². The summed E-state index contributed by atoms with van der Waals surface area (Å²) in [6.07, 6.45) is -4.80. The van der Waals surface area contributed by atoms with Crippen LogP contribution in [0.2, 0.25) is 0 Å². The van der Waals surface area contributed by atoms with Crippen LogP contribution in [0, 0.1) is 0 Å². The fraction of sp³-hybridized carbons (Fsp3) is 0.364. The summed E-state index contributed by atoms with van der Waals surface area (Å²) in [4.78, 5) is 9.20. The van der Waals surface area contributed by atoms with Crippen LogP contribution in [0.4, 0.5) is 13.2 Å². The van der Waals surface area contributed by atoms with Gasteiger partial charge in [0.1, 0.15) is 4.83 Å². The predicted octanol–water partition coefficient (Wildman–Crippen LogP) is 1.92. The average Bonchev–Trinajstić information content (AvgIpc) is 2.43. The number of halogens is 4. The number of ether oxygens (including phenoxy) is 1. The number of hydrogen-bond donors (Lipinski definition) is 1. The molecule has 0 aromatic heterocycles. The van der Waals surface area contributed by atoms with Crippen molar-refractivity contribution in [3.63, 3.8) is 0 Å². The lowest BCUT2D eigenvalue weighted by molar-refractivity contribution is -0.140. The third-order valence-corrected chi connectivity index (χ3v) is 4.57. The Morgan fingerprint density at radius 3 is 2.48 bits per heavy atom. The Balaban J connectivity index is 3.02. The second-order valence-corrected chi connectivity index (χ2v) is 6.68. The van der Waals surface area contributed by atoms with Crippen molar-refractivity contribution in [3.05, 3.63) is 29.8 Å². The number of benzene rings is 1. The summed E-state index contributed by atoms with van der Waals surface area (Å²) in [5, 5.41) is 0. The zero-order valence-electron chi connectivity index (χ0n) is 10.6. The largest absolute Gasteiger partial charge is 0.468 e. The molecule has 0 fully saturated rings. The number of rotatable bonds is 5. The average molecular weight is 390 g/mol. The van der Waals surface area contributed by atoms with Crippen LogP contribution in [0.15, 0.2) is 29.2 Å². The van der Waals surface area contributed by atoms with Gasteiger partial charge in [-0.3, -0.25) is 4.79 Å². The number of carbonyl (C=O) groups excluding carboxylic acids is 1. The third kappa shape index (κ3) is 4.68.